The van der Waals surface area contributed by atoms with Crippen LogP contribution in [-0.4, -0.2) is 85.8 Å². The van der Waals surface area contributed by atoms with Crippen molar-refractivity contribution in [1.82, 2.24) is 19.1 Å². The predicted molar refractivity (Wildman–Crippen MR) is 149 cm³/mol. The molecule has 210 valence electrons. The molecule has 4 rings (SSSR count). The lowest BCUT2D eigenvalue weighted by molar-refractivity contribution is 0.109. The summed E-state index contributed by atoms with van der Waals surface area (Å²) in [5.41, 5.74) is 0.587. The summed E-state index contributed by atoms with van der Waals surface area (Å²) in [5.74, 6) is 0.721. The first-order chi connectivity index (χ1) is 18.9. The average molecular weight is 578 g/mol. The summed E-state index contributed by atoms with van der Waals surface area (Å²) in [5, 5.41) is 4.83. The molecule has 3 heterocycles. The number of pyridine rings is 1. The lowest BCUT2D eigenvalue weighted by atomic mass is 10.3. The van der Waals surface area contributed by atoms with Crippen LogP contribution in [0.1, 0.15) is 13.3 Å². The highest BCUT2D eigenvalue weighted by Gasteiger charge is 2.29. The SMILES string of the molecule is CCOCCOc1c(N2CCN(S(=O)(=O)CCCOc3cccnc3)CC2)cnn(-c2cccc(Cl)c2)c1=O. The smallest absolute Gasteiger partial charge is 0.316 e. The second-order valence-electron chi connectivity index (χ2n) is 8.69. The van der Waals surface area contributed by atoms with Crippen molar-refractivity contribution in [2.45, 2.75) is 13.3 Å². The summed E-state index contributed by atoms with van der Waals surface area (Å²) >= 11 is 6.11. The van der Waals surface area contributed by atoms with E-state index < -0.39 is 15.6 Å². The van der Waals surface area contributed by atoms with Gasteiger partial charge in [-0.1, -0.05) is 17.7 Å². The maximum atomic E-state index is 13.4. The second kappa shape index (κ2) is 13.7. The fourth-order valence-corrected chi connectivity index (χ4v) is 5.77. The van der Waals surface area contributed by atoms with Crippen LogP contribution in [0.15, 0.2) is 59.8 Å². The number of hydrogen-bond donors (Lipinski definition) is 0. The molecule has 0 aliphatic carbocycles. The third-order valence-corrected chi connectivity index (χ3v) is 8.26. The molecule has 3 aromatic rings. The van der Waals surface area contributed by atoms with Crippen LogP contribution in [0.25, 0.3) is 5.69 Å². The molecule has 1 aliphatic rings. The number of aromatic nitrogens is 3. The van der Waals surface area contributed by atoms with Crippen LogP contribution in [0.3, 0.4) is 0 Å². The number of nitrogens with zero attached hydrogens (tertiary/aromatic N) is 5. The van der Waals surface area contributed by atoms with Gasteiger partial charge in [-0.3, -0.25) is 9.78 Å². The molecule has 13 heteroatoms. The molecule has 11 nitrogen and oxygen atoms in total. The summed E-state index contributed by atoms with van der Waals surface area (Å²) < 4.78 is 45.4. The zero-order chi connectivity index (χ0) is 27.7. The van der Waals surface area contributed by atoms with E-state index in [-0.39, 0.29) is 37.8 Å². The number of halogens is 1. The Labute approximate surface area is 232 Å². The van der Waals surface area contributed by atoms with Gasteiger partial charge in [0.05, 0.1) is 37.0 Å². The minimum atomic E-state index is -3.46. The Morgan fingerprint density at radius 1 is 1.00 bits per heavy atom. The van der Waals surface area contributed by atoms with Crippen LogP contribution < -0.4 is 19.9 Å². The van der Waals surface area contributed by atoms with Gasteiger partial charge < -0.3 is 19.1 Å². The molecular weight excluding hydrogens is 546 g/mol. The highest BCUT2D eigenvalue weighted by atomic mass is 35.5. The van der Waals surface area contributed by atoms with Gasteiger partial charge in [-0.25, -0.2) is 8.42 Å². The number of ether oxygens (including phenoxy) is 3. The number of rotatable bonds is 13. The number of hydrogen-bond acceptors (Lipinski definition) is 9. The third-order valence-electron chi connectivity index (χ3n) is 6.07. The molecule has 0 unspecified atom stereocenters. The van der Waals surface area contributed by atoms with E-state index in [1.807, 2.05) is 11.8 Å². The van der Waals surface area contributed by atoms with E-state index in [9.17, 15) is 13.2 Å². The van der Waals surface area contributed by atoms with Gasteiger partial charge in [0.2, 0.25) is 15.8 Å². The molecule has 39 heavy (non-hydrogen) atoms. The van der Waals surface area contributed by atoms with Crippen molar-refractivity contribution in [1.29, 1.82) is 0 Å². The lowest BCUT2D eigenvalue weighted by Crippen LogP contribution is -2.49. The van der Waals surface area contributed by atoms with E-state index in [0.29, 0.717) is 54.9 Å². The molecule has 0 bridgehead atoms. The van der Waals surface area contributed by atoms with Crippen molar-refractivity contribution < 1.29 is 22.6 Å². The molecule has 1 saturated heterocycles. The summed E-state index contributed by atoms with van der Waals surface area (Å²) in [7, 11) is -3.46. The highest BCUT2D eigenvalue weighted by molar-refractivity contribution is 7.89. The Morgan fingerprint density at radius 2 is 1.82 bits per heavy atom. The summed E-state index contributed by atoms with van der Waals surface area (Å²) in [6, 6.07) is 10.4. The number of sulfonamides is 1. The van der Waals surface area contributed by atoms with Crippen LogP contribution in [0.2, 0.25) is 5.02 Å². The van der Waals surface area contributed by atoms with Crippen molar-refractivity contribution in [2.75, 3.05) is 63.3 Å². The van der Waals surface area contributed by atoms with Gasteiger partial charge >= 0.3 is 5.56 Å². The van der Waals surface area contributed by atoms with Gasteiger partial charge in [0.25, 0.3) is 0 Å². The van der Waals surface area contributed by atoms with E-state index in [1.165, 1.54) is 8.99 Å². The van der Waals surface area contributed by atoms with Crippen LogP contribution in [0.4, 0.5) is 5.69 Å². The largest absolute Gasteiger partial charge is 0.492 e. The minimum absolute atomic E-state index is 0.0176. The van der Waals surface area contributed by atoms with Crippen molar-refractivity contribution in [3.8, 4) is 17.2 Å². The normalized spacial score (nSPS) is 14.4. The summed E-state index contributed by atoms with van der Waals surface area (Å²) in [4.78, 5) is 19.3. The second-order valence-corrected chi connectivity index (χ2v) is 11.2. The van der Waals surface area contributed by atoms with E-state index in [4.69, 9.17) is 25.8 Å². The van der Waals surface area contributed by atoms with Gasteiger partial charge in [-0.05, 0) is 43.7 Å². The monoisotopic (exact) mass is 577 g/mol. The zero-order valence-electron chi connectivity index (χ0n) is 21.7. The van der Waals surface area contributed by atoms with E-state index in [2.05, 4.69) is 10.1 Å². The maximum Gasteiger partial charge on any atom is 0.316 e. The van der Waals surface area contributed by atoms with Gasteiger partial charge in [-0.2, -0.15) is 14.1 Å². The van der Waals surface area contributed by atoms with Gasteiger partial charge in [-0.15, -0.1) is 0 Å². The fraction of sp³-hybridized carbons (Fsp3) is 0.423. The van der Waals surface area contributed by atoms with Crippen LogP contribution in [0, 0.1) is 0 Å². The topological polar surface area (TPSA) is 116 Å². The number of anilines is 1. The summed E-state index contributed by atoms with van der Waals surface area (Å²) in [6.45, 7) is 4.53. The maximum absolute atomic E-state index is 13.4. The fourth-order valence-electron chi connectivity index (χ4n) is 4.13. The first-order valence-corrected chi connectivity index (χ1v) is 14.7. The van der Waals surface area contributed by atoms with Crippen molar-refractivity contribution in [3.05, 3.63) is 70.4 Å². The Kier molecular flexibility index (Phi) is 10.2. The van der Waals surface area contributed by atoms with Gasteiger partial charge in [0, 0.05) is 44.0 Å². The van der Waals surface area contributed by atoms with Gasteiger partial charge in [0.15, 0.2) is 0 Å². The van der Waals surface area contributed by atoms with Crippen LogP contribution >= 0.6 is 11.6 Å². The lowest BCUT2D eigenvalue weighted by Gasteiger charge is -2.35. The molecule has 0 spiro atoms. The predicted octanol–water partition coefficient (Wildman–Crippen LogP) is 2.62. The highest BCUT2D eigenvalue weighted by Crippen LogP contribution is 2.26. The van der Waals surface area contributed by atoms with Crippen molar-refractivity contribution in [2.24, 2.45) is 0 Å². The van der Waals surface area contributed by atoms with Crippen LogP contribution in [-0.2, 0) is 14.8 Å². The third kappa shape index (κ3) is 7.69. The number of piperazine rings is 1. The van der Waals surface area contributed by atoms with E-state index >= 15 is 0 Å². The summed E-state index contributed by atoms with van der Waals surface area (Å²) in [6.07, 6.45) is 5.16. The standard InChI is InChI=1S/C26H32ClN5O6S/c1-2-36-15-16-38-25-24(20-29-32(26(25)33)22-7-3-6-21(27)18-22)30-10-12-31(13-11-30)39(34,35)17-5-14-37-23-8-4-9-28-19-23/h3-4,6-9,18-20H,2,5,10-17H2,1H3. The Hall–Kier alpha value is -3.19. The van der Waals surface area contributed by atoms with Gasteiger partial charge in [0.1, 0.15) is 18.0 Å². The molecular formula is C26H32ClN5O6S. The number of benzene rings is 1. The Bertz CT molecular complexity index is 1380. The molecule has 1 aromatic carbocycles. The molecule has 1 fully saturated rings. The molecule has 0 amide bonds. The van der Waals surface area contributed by atoms with E-state index in [1.54, 1.807) is 55.0 Å². The molecule has 1 aliphatic heterocycles. The van der Waals surface area contributed by atoms with E-state index in [0.717, 1.165) is 0 Å². The molecule has 0 N–H and O–H groups in total. The Morgan fingerprint density at radius 3 is 2.54 bits per heavy atom. The molecule has 0 atom stereocenters. The molecule has 0 saturated carbocycles. The first-order valence-electron chi connectivity index (χ1n) is 12.7. The zero-order valence-corrected chi connectivity index (χ0v) is 23.3. The van der Waals surface area contributed by atoms with Crippen LogP contribution in [0.5, 0.6) is 11.5 Å². The molecule has 2 aromatic heterocycles. The minimum Gasteiger partial charge on any atom is -0.492 e. The Balaban J connectivity index is 1.42. The first kappa shape index (κ1) is 28.8. The van der Waals surface area contributed by atoms with Crippen molar-refractivity contribution >= 4 is 27.3 Å². The molecule has 0 radical (unpaired) electrons. The quantitative estimate of drug-likeness (QED) is 0.283. The average Bonchev–Trinajstić information content (AvgIpc) is 2.95. The van der Waals surface area contributed by atoms with Crippen molar-refractivity contribution in [3.63, 3.8) is 0 Å².